The number of carbonyl (C=O) groups excluding carboxylic acids is 2. The molecule has 0 fully saturated rings. The van der Waals surface area contributed by atoms with Crippen LogP contribution in [0.4, 0.5) is 0 Å². The van der Waals surface area contributed by atoms with Gasteiger partial charge in [0.25, 0.3) is 0 Å². The van der Waals surface area contributed by atoms with Gasteiger partial charge in [-0.05, 0) is 6.92 Å². The summed E-state index contributed by atoms with van der Waals surface area (Å²) >= 11 is 0. The van der Waals surface area contributed by atoms with Crippen molar-refractivity contribution in [3.63, 3.8) is 0 Å². The molecule has 72 valence electrons. The van der Waals surface area contributed by atoms with E-state index in [2.05, 4.69) is 17.2 Å². The van der Waals surface area contributed by atoms with E-state index in [0.717, 1.165) is 0 Å². The third-order valence-corrected chi connectivity index (χ3v) is 1.41. The molecular weight excluding hydrogens is 168 g/mol. The fourth-order valence-electron chi connectivity index (χ4n) is 0.675. The third-order valence-electron chi connectivity index (χ3n) is 1.41. The molecule has 0 heterocycles. The molecule has 0 bridgehead atoms. The Morgan fingerprint density at radius 1 is 1.38 bits per heavy atom. The molecule has 0 aliphatic carbocycles. The average molecular weight is 182 g/mol. The normalized spacial score (nSPS) is 8.46. The lowest BCUT2D eigenvalue weighted by Gasteiger charge is -1.99. The Balaban J connectivity index is 3.49. The maximum atomic E-state index is 11.0. The third kappa shape index (κ3) is 7.04. The highest BCUT2D eigenvalue weighted by Gasteiger charge is 2.03. The van der Waals surface area contributed by atoms with Crippen LogP contribution in [0.1, 0.15) is 19.8 Å². The number of rotatable bonds is 5. The molecule has 0 radical (unpaired) electrons. The number of Topliss-reactive ketones (excluding diaryl/α,β-unsaturated/α-hetero) is 1. The van der Waals surface area contributed by atoms with Gasteiger partial charge in [-0.3, -0.25) is 9.59 Å². The van der Waals surface area contributed by atoms with Crippen LogP contribution in [0.2, 0.25) is 0 Å². The van der Waals surface area contributed by atoms with Crippen LogP contribution < -0.4 is 11.1 Å². The summed E-state index contributed by atoms with van der Waals surface area (Å²) in [6.07, 6.45) is 0.406. The lowest BCUT2D eigenvalue weighted by Crippen LogP contribution is -2.25. The monoisotopic (exact) mass is 182 g/mol. The zero-order valence-corrected chi connectivity index (χ0v) is 7.72. The maximum Gasteiger partial charge on any atom is 0.221 e. The van der Waals surface area contributed by atoms with Gasteiger partial charge in [0, 0.05) is 12.8 Å². The summed E-state index contributed by atoms with van der Waals surface area (Å²) in [5.41, 5.74) is 5.08. The molecule has 0 saturated heterocycles. The van der Waals surface area contributed by atoms with Gasteiger partial charge in [-0.15, -0.1) is 5.92 Å². The van der Waals surface area contributed by atoms with Crippen LogP contribution in [0.5, 0.6) is 0 Å². The number of amides is 1. The van der Waals surface area contributed by atoms with Gasteiger partial charge >= 0.3 is 0 Å². The summed E-state index contributed by atoms with van der Waals surface area (Å²) in [5.74, 6) is 5.07. The molecule has 4 heteroatoms. The van der Waals surface area contributed by atoms with Crippen molar-refractivity contribution in [2.75, 3.05) is 13.1 Å². The van der Waals surface area contributed by atoms with Gasteiger partial charge in [0.1, 0.15) is 5.78 Å². The topological polar surface area (TPSA) is 72.2 Å². The van der Waals surface area contributed by atoms with E-state index in [1.807, 2.05) is 0 Å². The number of nitrogens with two attached hydrogens (primary N) is 1. The number of ketones is 1. The maximum absolute atomic E-state index is 11.0. The van der Waals surface area contributed by atoms with E-state index in [1.54, 1.807) is 6.92 Å². The highest BCUT2D eigenvalue weighted by molar-refractivity contribution is 5.85. The first kappa shape index (κ1) is 11.7. The van der Waals surface area contributed by atoms with Crippen LogP contribution in [0.25, 0.3) is 0 Å². The predicted molar refractivity (Wildman–Crippen MR) is 49.8 cm³/mol. The van der Waals surface area contributed by atoms with E-state index < -0.39 is 0 Å². The second kappa shape index (κ2) is 7.32. The molecule has 0 aromatic carbocycles. The number of carbonyl (C=O) groups is 2. The Morgan fingerprint density at radius 2 is 2.08 bits per heavy atom. The average Bonchev–Trinajstić information content (AvgIpc) is 2.14. The van der Waals surface area contributed by atoms with E-state index in [4.69, 9.17) is 5.73 Å². The van der Waals surface area contributed by atoms with Crippen LogP contribution >= 0.6 is 0 Å². The fourth-order valence-corrected chi connectivity index (χ4v) is 0.675. The van der Waals surface area contributed by atoms with Gasteiger partial charge in [0.05, 0.1) is 13.1 Å². The minimum absolute atomic E-state index is 0.00203. The lowest BCUT2D eigenvalue weighted by molar-refractivity contribution is -0.124. The molecule has 0 aliphatic rings. The van der Waals surface area contributed by atoms with Crippen molar-refractivity contribution in [3.05, 3.63) is 0 Å². The van der Waals surface area contributed by atoms with Gasteiger partial charge in [-0.1, -0.05) is 5.92 Å². The van der Waals surface area contributed by atoms with E-state index in [9.17, 15) is 9.59 Å². The van der Waals surface area contributed by atoms with Gasteiger partial charge in [-0.2, -0.15) is 0 Å². The summed E-state index contributed by atoms with van der Waals surface area (Å²) < 4.78 is 0. The molecule has 0 aromatic heterocycles. The molecule has 3 N–H and O–H groups in total. The van der Waals surface area contributed by atoms with Crippen LogP contribution in [0.15, 0.2) is 0 Å². The Bertz CT molecular complexity index is 238. The highest BCUT2D eigenvalue weighted by Crippen LogP contribution is 1.88. The van der Waals surface area contributed by atoms with Crippen molar-refractivity contribution < 1.29 is 9.59 Å². The fraction of sp³-hybridized carbons (Fsp3) is 0.556. The Kier molecular flexibility index (Phi) is 6.56. The minimum atomic E-state index is -0.162. The first-order valence-corrected chi connectivity index (χ1v) is 4.08. The predicted octanol–water partition coefficient (Wildman–Crippen LogP) is -0.566. The largest absolute Gasteiger partial charge is 0.345 e. The van der Waals surface area contributed by atoms with Crippen molar-refractivity contribution in [1.29, 1.82) is 0 Å². The molecule has 0 atom stereocenters. The molecule has 1 amide bonds. The first-order valence-electron chi connectivity index (χ1n) is 4.08. The summed E-state index contributed by atoms with van der Waals surface area (Å²) in [7, 11) is 0. The first-order chi connectivity index (χ1) is 6.20. The minimum Gasteiger partial charge on any atom is -0.345 e. The molecule has 0 unspecified atom stereocenters. The SMILES string of the molecule is CC#CCNC(=O)CCC(=O)CN. The van der Waals surface area contributed by atoms with E-state index in [-0.39, 0.29) is 31.1 Å². The van der Waals surface area contributed by atoms with Crippen LogP contribution in [-0.2, 0) is 9.59 Å². The zero-order valence-electron chi connectivity index (χ0n) is 7.72. The van der Waals surface area contributed by atoms with Gasteiger partial charge < -0.3 is 11.1 Å². The Hall–Kier alpha value is -1.34. The van der Waals surface area contributed by atoms with Gasteiger partial charge in [-0.25, -0.2) is 0 Å². The van der Waals surface area contributed by atoms with Crippen LogP contribution in [-0.4, -0.2) is 24.8 Å². The summed E-state index contributed by atoms with van der Waals surface area (Å²) in [4.78, 5) is 21.7. The van der Waals surface area contributed by atoms with Gasteiger partial charge in [0.15, 0.2) is 0 Å². The van der Waals surface area contributed by atoms with Crippen molar-refractivity contribution in [2.24, 2.45) is 5.73 Å². The van der Waals surface area contributed by atoms with Crippen LogP contribution in [0.3, 0.4) is 0 Å². The molecule has 4 nitrogen and oxygen atoms in total. The number of nitrogens with one attached hydrogen (secondary N) is 1. The van der Waals surface area contributed by atoms with Gasteiger partial charge in [0.2, 0.25) is 5.91 Å². The molecule has 13 heavy (non-hydrogen) atoms. The van der Waals surface area contributed by atoms with Crippen LogP contribution in [0, 0.1) is 11.8 Å². The molecular formula is C9H14N2O2. The van der Waals surface area contributed by atoms with Crippen molar-refractivity contribution in [3.8, 4) is 11.8 Å². The second-order valence-electron chi connectivity index (χ2n) is 2.45. The highest BCUT2D eigenvalue weighted by atomic mass is 16.2. The standard InChI is InChI=1S/C9H14N2O2/c1-2-3-6-11-9(13)5-4-8(12)7-10/h4-7,10H2,1H3,(H,11,13). The summed E-state index contributed by atoms with van der Waals surface area (Å²) in [6.45, 7) is 2.04. The smallest absolute Gasteiger partial charge is 0.221 e. The second-order valence-corrected chi connectivity index (χ2v) is 2.45. The lowest BCUT2D eigenvalue weighted by atomic mass is 10.2. The molecule has 0 rings (SSSR count). The van der Waals surface area contributed by atoms with E-state index in [1.165, 1.54) is 0 Å². The summed E-state index contributed by atoms with van der Waals surface area (Å²) in [5, 5.41) is 2.56. The van der Waals surface area contributed by atoms with Crippen molar-refractivity contribution in [2.45, 2.75) is 19.8 Å². The molecule has 0 saturated carbocycles. The van der Waals surface area contributed by atoms with E-state index >= 15 is 0 Å². The number of hydrogen-bond donors (Lipinski definition) is 2. The van der Waals surface area contributed by atoms with Crippen molar-refractivity contribution in [1.82, 2.24) is 5.32 Å². The Morgan fingerprint density at radius 3 is 2.62 bits per heavy atom. The van der Waals surface area contributed by atoms with Crippen molar-refractivity contribution >= 4 is 11.7 Å². The molecule has 0 aromatic rings. The quantitative estimate of drug-likeness (QED) is 0.559. The van der Waals surface area contributed by atoms with E-state index in [0.29, 0.717) is 6.54 Å². The molecule has 0 spiro atoms. The number of hydrogen-bond acceptors (Lipinski definition) is 3. The molecule has 0 aliphatic heterocycles. The summed E-state index contributed by atoms with van der Waals surface area (Å²) in [6, 6.07) is 0. The Labute approximate surface area is 77.9 Å². The zero-order chi connectivity index (χ0) is 10.1.